The van der Waals surface area contributed by atoms with E-state index in [-0.39, 0.29) is 24.2 Å². The SMILES string of the molecule is C[C@@H]1OCC2(CCN(c3nc4cnn(-c5ccc6cnn(C)c6c5)c4nc3CO)CC2)[C@@H]1N. The molecule has 172 valence electrons. The molecular formula is C23H28N8O2. The van der Waals surface area contributed by atoms with E-state index in [1.807, 2.05) is 36.1 Å². The number of hydrogen-bond donors (Lipinski definition) is 2. The van der Waals surface area contributed by atoms with Crippen LogP contribution in [0.3, 0.4) is 0 Å². The van der Waals surface area contributed by atoms with Gasteiger partial charge in [0.05, 0.1) is 42.9 Å². The van der Waals surface area contributed by atoms with Crippen LogP contribution >= 0.6 is 0 Å². The van der Waals surface area contributed by atoms with Gasteiger partial charge in [-0.3, -0.25) is 4.68 Å². The molecule has 2 aliphatic rings. The van der Waals surface area contributed by atoms with Crippen LogP contribution in [0.4, 0.5) is 5.82 Å². The molecule has 0 amide bonds. The number of aliphatic hydroxyl groups excluding tert-OH is 1. The fraction of sp³-hybridized carbons (Fsp3) is 0.478. The van der Waals surface area contributed by atoms with Gasteiger partial charge in [-0.15, -0.1) is 0 Å². The van der Waals surface area contributed by atoms with Gasteiger partial charge in [0.1, 0.15) is 11.2 Å². The topological polar surface area (TPSA) is 120 Å². The van der Waals surface area contributed by atoms with E-state index >= 15 is 0 Å². The van der Waals surface area contributed by atoms with E-state index in [0.717, 1.165) is 48.3 Å². The Morgan fingerprint density at radius 3 is 2.73 bits per heavy atom. The maximum atomic E-state index is 10.1. The van der Waals surface area contributed by atoms with Crippen LogP contribution in [0.15, 0.2) is 30.6 Å². The second kappa shape index (κ2) is 7.47. The highest BCUT2D eigenvalue weighted by atomic mass is 16.5. The van der Waals surface area contributed by atoms with E-state index in [1.165, 1.54) is 0 Å². The molecule has 1 spiro atoms. The van der Waals surface area contributed by atoms with Crippen LogP contribution in [0.1, 0.15) is 25.5 Å². The normalized spacial score (nSPS) is 22.7. The highest BCUT2D eigenvalue weighted by molar-refractivity contribution is 5.82. The quantitative estimate of drug-likeness (QED) is 0.484. The molecule has 10 nitrogen and oxygen atoms in total. The fourth-order valence-electron chi connectivity index (χ4n) is 5.32. The van der Waals surface area contributed by atoms with Crippen molar-refractivity contribution < 1.29 is 9.84 Å². The van der Waals surface area contributed by atoms with Crippen molar-refractivity contribution >= 4 is 27.9 Å². The summed E-state index contributed by atoms with van der Waals surface area (Å²) >= 11 is 0. The van der Waals surface area contributed by atoms with Crippen molar-refractivity contribution in [1.29, 1.82) is 0 Å². The van der Waals surface area contributed by atoms with Crippen LogP contribution in [0, 0.1) is 5.41 Å². The number of aryl methyl sites for hydroxylation is 1. The summed E-state index contributed by atoms with van der Waals surface area (Å²) in [6.45, 7) is 4.20. The number of fused-ring (bicyclic) bond motifs is 2. The number of ether oxygens (including phenoxy) is 1. The number of aromatic nitrogens is 6. The van der Waals surface area contributed by atoms with E-state index in [0.29, 0.717) is 23.5 Å². The van der Waals surface area contributed by atoms with E-state index in [4.69, 9.17) is 20.4 Å². The van der Waals surface area contributed by atoms with Crippen LogP contribution < -0.4 is 10.6 Å². The van der Waals surface area contributed by atoms with Gasteiger partial charge in [0.25, 0.3) is 0 Å². The van der Waals surface area contributed by atoms with Gasteiger partial charge in [-0.05, 0) is 38.0 Å². The molecule has 2 aliphatic heterocycles. The maximum Gasteiger partial charge on any atom is 0.182 e. The zero-order chi connectivity index (χ0) is 22.7. The van der Waals surface area contributed by atoms with Crippen molar-refractivity contribution in [3.63, 3.8) is 0 Å². The van der Waals surface area contributed by atoms with Crippen LogP contribution in [0.25, 0.3) is 27.8 Å². The number of anilines is 1. The number of nitrogens with two attached hydrogens (primary N) is 1. The Morgan fingerprint density at radius 2 is 2.00 bits per heavy atom. The number of aliphatic hydroxyl groups is 1. The van der Waals surface area contributed by atoms with Crippen molar-refractivity contribution in [2.75, 3.05) is 24.6 Å². The summed E-state index contributed by atoms with van der Waals surface area (Å²) in [4.78, 5) is 11.9. The summed E-state index contributed by atoms with van der Waals surface area (Å²) < 4.78 is 9.44. The monoisotopic (exact) mass is 448 g/mol. The van der Waals surface area contributed by atoms with Crippen LogP contribution in [-0.4, -0.2) is 66.5 Å². The van der Waals surface area contributed by atoms with Crippen molar-refractivity contribution in [2.24, 2.45) is 18.2 Å². The molecule has 0 radical (unpaired) electrons. The predicted molar refractivity (Wildman–Crippen MR) is 124 cm³/mol. The first-order valence-electron chi connectivity index (χ1n) is 11.4. The van der Waals surface area contributed by atoms with Gasteiger partial charge in [0, 0.05) is 37.0 Å². The lowest BCUT2D eigenvalue weighted by atomic mass is 9.73. The highest BCUT2D eigenvalue weighted by Gasteiger charge is 2.47. The van der Waals surface area contributed by atoms with Crippen LogP contribution in [-0.2, 0) is 18.4 Å². The van der Waals surface area contributed by atoms with Crippen LogP contribution in [0.2, 0.25) is 0 Å². The fourth-order valence-corrected chi connectivity index (χ4v) is 5.32. The van der Waals surface area contributed by atoms with Gasteiger partial charge >= 0.3 is 0 Å². The number of piperidine rings is 1. The highest BCUT2D eigenvalue weighted by Crippen LogP contribution is 2.42. The van der Waals surface area contributed by atoms with E-state index < -0.39 is 0 Å². The summed E-state index contributed by atoms with van der Waals surface area (Å²) in [7, 11) is 1.91. The van der Waals surface area contributed by atoms with Gasteiger partial charge in [-0.2, -0.15) is 10.2 Å². The average molecular weight is 449 g/mol. The molecule has 0 aliphatic carbocycles. The minimum Gasteiger partial charge on any atom is -0.390 e. The number of hydrogen-bond acceptors (Lipinski definition) is 8. The number of nitrogens with zero attached hydrogens (tertiary/aromatic N) is 7. The Balaban J connectivity index is 1.34. The summed E-state index contributed by atoms with van der Waals surface area (Å²) in [5, 5.41) is 20.1. The Bertz CT molecular complexity index is 1340. The van der Waals surface area contributed by atoms with Crippen molar-refractivity contribution in [3.8, 4) is 5.69 Å². The van der Waals surface area contributed by atoms with Crippen LogP contribution in [0.5, 0.6) is 0 Å². The summed E-state index contributed by atoms with van der Waals surface area (Å²) in [5.74, 6) is 0.724. The molecular weight excluding hydrogens is 420 g/mol. The largest absolute Gasteiger partial charge is 0.390 e. The molecule has 0 bridgehead atoms. The zero-order valence-corrected chi connectivity index (χ0v) is 18.8. The molecule has 2 atom stereocenters. The average Bonchev–Trinajstić information content (AvgIpc) is 3.51. The van der Waals surface area contributed by atoms with E-state index in [1.54, 1.807) is 10.9 Å². The molecule has 2 fully saturated rings. The standard InChI is InChI=1S/C23H28N8O2/c1-14-20(24)23(13-33-14)5-7-30(8-6-23)21-18(12-32)28-22-17(27-21)11-26-31(22)16-4-3-15-10-25-29(2)19(15)9-16/h3-4,9-11,14,20,32H,5-8,12-13,24H2,1-2H3/t14-,20+/m0/s1. The molecule has 0 unspecified atom stereocenters. The molecule has 33 heavy (non-hydrogen) atoms. The van der Waals surface area contributed by atoms with E-state index in [2.05, 4.69) is 22.0 Å². The molecule has 5 heterocycles. The van der Waals surface area contributed by atoms with Gasteiger partial charge < -0.3 is 20.5 Å². The Labute approximate surface area is 191 Å². The van der Waals surface area contributed by atoms with Crippen molar-refractivity contribution in [1.82, 2.24) is 29.5 Å². The third-order valence-corrected chi connectivity index (χ3v) is 7.48. The summed E-state index contributed by atoms with van der Waals surface area (Å²) in [5.41, 5.74) is 10.3. The van der Waals surface area contributed by atoms with Gasteiger partial charge in [0.15, 0.2) is 11.5 Å². The van der Waals surface area contributed by atoms with Gasteiger partial charge in [-0.25, -0.2) is 14.6 Å². The second-order valence-corrected chi connectivity index (χ2v) is 9.32. The van der Waals surface area contributed by atoms with E-state index in [9.17, 15) is 5.11 Å². The van der Waals surface area contributed by atoms with Gasteiger partial charge in [0.2, 0.25) is 0 Å². The zero-order valence-electron chi connectivity index (χ0n) is 18.8. The van der Waals surface area contributed by atoms with Crippen molar-refractivity contribution in [3.05, 3.63) is 36.3 Å². The maximum absolute atomic E-state index is 10.1. The molecule has 0 saturated carbocycles. The third-order valence-electron chi connectivity index (χ3n) is 7.48. The minimum atomic E-state index is -0.189. The molecule has 10 heteroatoms. The lowest BCUT2D eigenvalue weighted by Crippen LogP contribution is -2.51. The Kier molecular flexibility index (Phi) is 4.65. The Hall–Kier alpha value is -3.08. The van der Waals surface area contributed by atoms with Crippen molar-refractivity contribution in [2.45, 2.75) is 38.5 Å². The number of benzene rings is 1. The second-order valence-electron chi connectivity index (χ2n) is 9.32. The smallest absolute Gasteiger partial charge is 0.182 e. The molecule has 1 aromatic carbocycles. The third kappa shape index (κ3) is 3.12. The molecule has 4 aromatic rings. The molecule has 3 aromatic heterocycles. The Morgan fingerprint density at radius 1 is 1.18 bits per heavy atom. The molecule has 3 N–H and O–H groups in total. The minimum absolute atomic E-state index is 0.0299. The predicted octanol–water partition coefficient (Wildman–Crippen LogP) is 1.53. The first kappa shape index (κ1) is 20.5. The lowest BCUT2D eigenvalue weighted by molar-refractivity contribution is 0.0973. The van der Waals surface area contributed by atoms with Gasteiger partial charge in [-0.1, -0.05) is 0 Å². The molecule has 2 saturated heterocycles. The number of rotatable bonds is 3. The first-order chi connectivity index (χ1) is 16.0. The lowest BCUT2D eigenvalue weighted by Gasteiger charge is -2.41. The first-order valence-corrected chi connectivity index (χ1v) is 11.4. The summed E-state index contributed by atoms with van der Waals surface area (Å²) in [6, 6.07) is 6.09. The summed E-state index contributed by atoms with van der Waals surface area (Å²) in [6.07, 6.45) is 5.54. The molecule has 6 rings (SSSR count).